The highest BCUT2D eigenvalue weighted by Gasteiger charge is 2.58. The van der Waals surface area contributed by atoms with Crippen LogP contribution in [0.5, 0.6) is 0 Å². The molecule has 5 atom stereocenters. The van der Waals surface area contributed by atoms with Crippen LogP contribution in [0.4, 0.5) is 0 Å². The van der Waals surface area contributed by atoms with Crippen molar-refractivity contribution in [2.45, 2.75) is 82.8 Å². The maximum atomic E-state index is 12.7. The minimum Gasteiger partial charge on any atom is -0.858 e. The summed E-state index contributed by atoms with van der Waals surface area (Å²) in [6.45, 7) is 18.4. The molecule has 20 heavy (non-hydrogen) atoms. The van der Waals surface area contributed by atoms with Gasteiger partial charge < -0.3 is 14.4 Å². The average molecular weight is 352 g/mol. The molecule has 3 nitrogen and oxygen atoms in total. The van der Waals surface area contributed by atoms with Gasteiger partial charge in [-0.2, -0.15) is 0 Å². The second-order valence-corrected chi connectivity index (χ2v) is 31.0. The minimum absolute atomic E-state index is 0.189. The summed E-state index contributed by atoms with van der Waals surface area (Å²) in [5, 5.41) is 0.0385. The first kappa shape index (κ1) is 20.7. The third kappa shape index (κ3) is 3.74. The molecule has 0 bridgehead atoms. The number of hydrogen-bond donors (Lipinski definition) is 2. The highest BCUT2D eigenvalue weighted by Crippen LogP contribution is 2.42. The van der Waals surface area contributed by atoms with Gasteiger partial charge in [-0.15, -0.1) is 0 Å². The summed E-state index contributed by atoms with van der Waals surface area (Å²) in [6, 6.07) is 1.74. The van der Waals surface area contributed by atoms with E-state index in [1.54, 1.807) is 0 Å². The first-order chi connectivity index (χ1) is 8.68. The van der Waals surface area contributed by atoms with E-state index >= 15 is 0 Å². The third-order valence-corrected chi connectivity index (χ3v) is 37.3. The Morgan fingerprint density at radius 1 is 0.800 bits per heavy atom. The van der Waals surface area contributed by atoms with Gasteiger partial charge in [-0.1, -0.05) is 59.4 Å². The Kier molecular flexibility index (Phi) is 6.71. The van der Waals surface area contributed by atoms with Crippen LogP contribution in [-0.4, -0.2) is 41.7 Å². The molecule has 0 aliphatic heterocycles. The van der Waals surface area contributed by atoms with E-state index in [0.717, 1.165) is 6.04 Å². The van der Waals surface area contributed by atoms with Crippen molar-refractivity contribution in [3.8, 4) is 0 Å². The van der Waals surface area contributed by atoms with Crippen LogP contribution in [0.25, 0.3) is 0 Å². The molecule has 0 spiro atoms. The Hall–Kier alpha value is 0.748. The normalized spacial score (nSPS) is 25.2. The second-order valence-electron chi connectivity index (χ2n) is 7.75. The van der Waals surface area contributed by atoms with Gasteiger partial charge in [0.1, 0.15) is 0 Å². The molecule has 0 aromatic rings. The summed E-state index contributed by atoms with van der Waals surface area (Å²) < 4.78 is 0. The average Bonchev–Trinajstić information content (AvgIpc) is 2.36. The Morgan fingerprint density at radius 2 is 1.15 bits per heavy atom. The minimum atomic E-state index is -2.90. The smallest absolute Gasteiger partial charge is 0.203 e. The first-order valence-corrected chi connectivity index (χ1v) is 19.9. The fraction of sp³-hybridized carbons (Fsp3) is 1.00. The lowest BCUT2D eigenvalue weighted by Crippen LogP contribution is -2.73. The highest BCUT2D eigenvalue weighted by molar-refractivity contribution is 7.41. The zero-order valence-corrected chi connectivity index (χ0v) is 18.9. The summed E-state index contributed by atoms with van der Waals surface area (Å²) in [7, 11) is -9.92. The topological polar surface area (TPSA) is 63.5 Å². The molecular formula is C13H35O3Si4-. The molecule has 0 aliphatic rings. The molecule has 0 amide bonds. The first-order valence-electron chi connectivity index (χ1n) is 7.83. The monoisotopic (exact) mass is 351 g/mol. The fourth-order valence-corrected chi connectivity index (χ4v) is 34.7. The predicted octanol–water partition coefficient (Wildman–Crippen LogP) is 2.74. The molecule has 7 heteroatoms. The predicted molar refractivity (Wildman–Crippen MR) is 96.6 cm³/mol. The van der Waals surface area contributed by atoms with E-state index in [2.05, 4.69) is 26.9 Å². The van der Waals surface area contributed by atoms with Crippen LogP contribution in [0, 0.1) is 0 Å². The molecule has 0 aliphatic carbocycles. The lowest BCUT2D eigenvalue weighted by atomic mass is 10.9. The van der Waals surface area contributed by atoms with Gasteiger partial charge in [0.25, 0.3) is 0 Å². The third-order valence-electron chi connectivity index (χ3n) is 6.41. The van der Waals surface area contributed by atoms with Crippen LogP contribution in [0.2, 0.25) is 55.2 Å². The van der Waals surface area contributed by atoms with Crippen molar-refractivity contribution in [3.05, 3.63) is 0 Å². The van der Waals surface area contributed by atoms with Crippen molar-refractivity contribution in [2.75, 3.05) is 0 Å². The Balaban J connectivity index is 5.57. The van der Waals surface area contributed by atoms with Crippen molar-refractivity contribution in [3.63, 3.8) is 0 Å². The number of rotatable bonds is 7. The summed E-state index contributed by atoms with van der Waals surface area (Å²) in [4.78, 5) is 35.2. The van der Waals surface area contributed by atoms with Crippen molar-refractivity contribution >= 4 is 32.1 Å². The molecule has 0 saturated carbocycles. The molecule has 0 aromatic heterocycles. The molecule has 122 valence electrons. The molecule has 0 radical (unpaired) electrons. The van der Waals surface area contributed by atoms with Gasteiger partial charge in [0.2, 0.25) is 15.7 Å². The SMILES string of the molecule is CC[Si](C)(C)C(C)[Si](C)(O)[Si](C)(O)C(C)[Si](C)([O-])CC. The van der Waals surface area contributed by atoms with Gasteiger partial charge in [0.05, 0.1) is 0 Å². The Morgan fingerprint density at radius 3 is 1.45 bits per heavy atom. The van der Waals surface area contributed by atoms with Crippen LogP contribution in [0.1, 0.15) is 27.7 Å². The van der Waals surface area contributed by atoms with Gasteiger partial charge in [-0.25, -0.2) is 0 Å². The molecular weight excluding hydrogens is 316 g/mol. The van der Waals surface area contributed by atoms with Crippen LogP contribution >= 0.6 is 0 Å². The molecule has 0 fully saturated rings. The van der Waals surface area contributed by atoms with Crippen molar-refractivity contribution in [1.29, 1.82) is 0 Å². The van der Waals surface area contributed by atoms with Gasteiger partial charge in [0, 0.05) is 8.07 Å². The molecule has 0 heterocycles. The van der Waals surface area contributed by atoms with E-state index in [-0.39, 0.29) is 10.3 Å². The molecule has 0 saturated heterocycles. The number of hydrogen-bond acceptors (Lipinski definition) is 3. The molecule has 0 aromatic carbocycles. The zero-order chi connectivity index (χ0) is 16.6. The highest BCUT2D eigenvalue weighted by atomic mass is 29.3. The standard InChI is InChI=1S/C13H35O3Si4/c1-10-17(5,6)12(3)19(8,15)20(9,16)13(4)18(7,14)11-2/h12-13,15-16H,10-11H2,1-9H3/q-1. The van der Waals surface area contributed by atoms with Gasteiger partial charge >= 0.3 is 0 Å². The molecule has 5 unspecified atom stereocenters. The van der Waals surface area contributed by atoms with E-state index in [0.29, 0.717) is 6.04 Å². The van der Waals surface area contributed by atoms with E-state index in [1.807, 2.05) is 33.5 Å². The van der Waals surface area contributed by atoms with Gasteiger partial charge in [0.15, 0.2) is 0 Å². The van der Waals surface area contributed by atoms with E-state index in [4.69, 9.17) is 0 Å². The van der Waals surface area contributed by atoms with E-state index in [9.17, 15) is 14.4 Å². The van der Waals surface area contributed by atoms with Crippen LogP contribution in [0.15, 0.2) is 0 Å². The lowest BCUT2D eigenvalue weighted by Gasteiger charge is -2.53. The van der Waals surface area contributed by atoms with E-state index < -0.39 is 32.1 Å². The maximum absolute atomic E-state index is 12.7. The van der Waals surface area contributed by atoms with Gasteiger partial charge in [-0.05, 0) is 31.7 Å². The van der Waals surface area contributed by atoms with Crippen molar-refractivity contribution in [1.82, 2.24) is 0 Å². The second kappa shape index (κ2) is 6.47. The largest absolute Gasteiger partial charge is 0.858 e. The molecule has 2 N–H and O–H groups in total. The quantitative estimate of drug-likeness (QED) is 0.693. The zero-order valence-electron chi connectivity index (χ0n) is 14.9. The van der Waals surface area contributed by atoms with Crippen molar-refractivity contribution in [2.24, 2.45) is 0 Å². The molecule has 0 rings (SSSR count). The van der Waals surface area contributed by atoms with Crippen molar-refractivity contribution < 1.29 is 14.4 Å². The Labute approximate surface area is 129 Å². The Bertz CT molecular complexity index is 298. The summed E-state index contributed by atoms with van der Waals surface area (Å²) in [5.74, 6) is 0. The van der Waals surface area contributed by atoms with E-state index in [1.165, 1.54) is 0 Å². The lowest BCUT2D eigenvalue weighted by molar-refractivity contribution is -0.208. The fourth-order valence-electron chi connectivity index (χ4n) is 2.84. The maximum Gasteiger partial charge on any atom is 0.203 e. The van der Waals surface area contributed by atoms with Gasteiger partial charge in [-0.3, -0.25) is 0 Å². The van der Waals surface area contributed by atoms with Crippen LogP contribution in [-0.2, 0) is 0 Å². The summed E-state index contributed by atoms with van der Waals surface area (Å²) in [5.41, 5.74) is 0. The van der Waals surface area contributed by atoms with Crippen LogP contribution in [0.3, 0.4) is 0 Å². The summed E-state index contributed by atoms with van der Waals surface area (Å²) >= 11 is 0. The van der Waals surface area contributed by atoms with Crippen LogP contribution < -0.4 is 4.80 Å². The summed E-state index contributed by atoms with van der Waals surface area (Å²) in [6.07, 6.45) is 0.